The molecule has 1 aromatic rings. The Morgan fingerprint density at radius 1 is 1.28 bits per heavy atom. The highest BCUT2D eigenvalue weighted by Crippen LogP contribution is 2.38. The van der Waals surface area contributed by atoms with Crippen molar-refractivity contribution in [3.63, 3.8) is 0 Å². The van der Waals surface area contributed by atoms with Crippen molar-refractivity contribution < 1.29 is 14.6 Å². The topological polar surface area (TPSA) is 41.9 Å². The molecule has 2 heterocycles. The van der Waals surface area contributed by atoms with Gasteiger partial charge in [0.15, 0.2) is 11.5 Å². The van der Waals surface area contributed by atoms with E-state index in [0.29, 0.717) is 29.9 Å². The van der Waals surface area contributed by atoms with Gasteiger partial charge in [-0.25, -0.2) is 0 Å². The highest BCUT2D eigenvalue weighted by atomic mass is 35.5. The number of nitrogens with zero attached hydrogens (tertiary/aromatic N) is 1. The van der Waals surface area contributed by atoms with Gasteiger partial charge in [0.05, 0.1) is 5.02 Å². The molecule has 0 radical (unpaired) electrons. The number of likely N-dealkylation sites (tertiary alicyclic amines) is 1. The van der Waals surface area contributed by atoms with Gasteiger partial charge in [-0.1, -0.05) is 11.6 Å². The summed E-state index contributed by atoms with van der Waals surface area (Å²) in [5.41, 5.74) is 1.13. The van der Waals surface area contributed by atoms with Crippen LogP contribution in [-0.2, 0) is 6.54 Å². The molecule has 0 aliphatic carbocycles. The Morgan fingerprint density at radius 3 is 2.83 bits per heavy atom. The summed E-state index contributed by atoms with van der Waals surface area (Å²) in [6.07, 6.45) is 0. The van der Waals surface area contributed by atoms with Crippen LogP contribution in [0.3, 0.4) is 0 Å². The van der Waals surface area contributed by atoms with Crippen LogP contribution in [-0.4, -0.2) is 42.9 Å². The van der Waals surface area contributed by atoms with E-state index in [1.54, 1.807) is 0 Å². The van der Waals surface area contributed by atoms with Crippen LogP contribution < -0.4 is 9.47 Å². The smallest absolute Gasteiger partial charge is 0.179 e. The predicted molar refractivity (Wildman–Crippen MR) is 68.3 cm³/mol. The number of aliphatic hydroxyl groups excluding tert-OH is 1. The number of aliphatic hydroxyl groups is 1. The van der Waals surface area contributed by atoms with E-state index in [4.69, 9.17) is 26.2 Å². The molecular formula is C13H16ClNO3. The molecule has 0 saturated carbocycles. The van der Waals surface area contributed by atoms with Crippen molar-refractivity contribution in [3.05, 3.63) is 22.7 Å². The summed E-state index contributed by atoms with van der Waals surface area (Å²) in [6.45, 7) is 4.13. The molecule has 0 amide bonds. The van der Waals surface area contributed by atoms with Crippen molar-refractivity contribution in [2.24, 2.45) is 5.92 Å². The van der Waals surface area contributed by atoms with Crippen LogP contribution in [0.25, 0.3) is 0 Å². The Balaban J connectivity index is 1.71. The first-order chi connectivity index (χ1) is 8.76. The van der Waals surface area contributed by atoms with Crippen molar-refractivity contribution in [2.75, 3.05) is 32.9 Å². The minimum atomic E-state index is 0.276. The maximum atomic E-state index is 8.99. The van der Waals surface area contributed by atoms with E-state index in [1.807, 2.05) is 12.1 Å². The summed E-state index contributed by atoms with van der Waals surface area (Å²) in [6, 6.07) is 3.92. The van der Waals surface area contributed by atoms with Gasteiger partial charge in [0, 0.05) is 32.2 Å². The summed E-state index contributed by atoms with van der Waals surface area (Å²) >= 11 is 6.18. The molecule has 1 fully saturated rings. The second-order valence-corrected chi connectivity index (χ2v) is 5.25. The molecule has 0 spiro atoms. The highest BCUT2D eigenvalue weighted by Gasteiger charge is 2.26. The van der Waals surface area contributed by atoms with Gasteiger partial charge in [-0.2, -0.15) is 0 Å². The zero-order valence-corrected chi connectivity index (χ0v) is 10.8. The first-order valence-corrected chi connectivity index (χ1v) is 6.55. The van der Waals surface area contributed by atoms with Gasteiger partial charge in [0.1, 0.15) is 13.2 Å². The standard InChI is InChI=1S/C13H16ClNO3/c14-11-3-9(5-15-6-10(7-15)8-16)4-12-13(11)18-2-1-17-12/h3-4,10,16H,1-2,5-8H2. The van der Waals surface area contributed by atoms with Gasteiger partial charge < -0.3 is 14.6 Å². The van der Waals surface area contributed by atoms with Crippen molar-refractivity contribution in [1.82, 2.24) is 4.90 Å². The molecule has 0 aromatic heterocycles. The highest BCUT2D eigenvalue weighted by molar-refractivity contribution is 6.32. The summed E-state index contributed by atoms with van der Waals surface area (Å²) in [5.74, 6) is 1.82. The molecule has 5 heteroatoms. The lowest BCUT2D eigenvalue weighted by Crippen LogP contribution is -2.47. The summed E-state index contributed by atoms with van der Waals surface area (Å²) < 4.78 is 11.0. The van der Waals surface area contributed by atoms with Gasteiger partial charge >= 0.3 is 0 Å². The number of hydrogen-bond donors (Lipinski definition) is 1. The molecule has 3 rings (SSSR count). The van der Waals surface area contributed by atoms with E-state index in [1.165, 1.54) is 0 Å². The molecule has 4 nitrogen and oxygen atoms in total. The maximum Gasteiger partial charge on any atom is 0.179 e. The molecule has 1 aromatic carbocycles. The van der Waals surface area contributed by atoms with E-state index in [2.05, 4.69) is 4.90 Å². The number of ether oxygens (including phenoxy) is 2. The number of fused-ring (bicyclic) bond motifs is 1. The first kappa shape index (κ1) is 12.1. The number of halogens is 1. The third kappa shape index (κ3) is 2.28. The maximum absolute atomic E-state index is 8.99. The monoisotopic (exact) mass is 269 g/mol. The lowest BCUT2D eigenvalue weighted by molar-refractivity contribution is 0.0478. The van der Waals surface area contributed by atoms with Crippen molar-refractivity contribution in [3.8, 4) is 11.5 Å². The average Bonchev–Trinajstić information content (AvgIpc) is 2.33. The normalized spacial score (nSPS) is 19.7. The van der Waals surface area contributed by atoms with Crippen LogP contribution in [0.15, 0.2) is 12.1 Å². The molecule has 0 atom stereocenters. The van der Waals surface area contributed by atoms with Gasteiger partial charge in [0.2, 0.25) is 0 Å². The second-order valence-electron chi connectivity index (χ2n) is 4.84. The molecule has 98 valence electrons. The third-order valence-corrected chi connectivity index (χ3v) is 3.63. The first-order valence-electron chi connectivity index (χ1n) is 6.17. The summed E-state index contributed by atoms with van der Waals surface area (Å²) in [5, 5.41) is 9.60. The number of hydrogen-bond acceptors (Lipinski definition) is 4. The molecule has 1 N–H and O–H groups in total. The van der Waals surface area contributed by atoms with E-state index < -0.39 is 0 Å². The lowest BCUT2D eigenvalue weighted by Gasteiger charge is -2.38. The van der Waals surface area contributed by atoms with E-state index in [-0.39, 0.29) is 6.61 Å². The molecule has 2 aliphatic heterocycles. The quantitative estimate of drug-likeness (QED) is 0.904. The minimum absolute atomic E-state index is 0.276. The molecule has 1 saturated heterocycles. The Hall–Kier alpha value is -0.970. The van der Waals surface area contributed by atoms with Gasteiger partial charge in [-0.3, -0.25) is 4.90 Å². The minimum Gasteiger partial charge on any atom is -0.486 e. The summed E-state index contributed by atoms with van der Waals surface area (Å²) in [4.78, 5) is 2.28. The van der Waals surface area contributed by atoms with Gasteiger partial charge in [-0.15, -0.1) is 0 Å². The van der Waals surface area contributed by atoms with Crippen LogP contribution in [0.5, 0.6) is 11.5 Å². The fraction of sp³-hybridized carbons (Fsp3) is 0.538. The van der Waals surface area contributed by atoms with Crippen LogP contribution in [0, 0.1) is 5.92 Å². The summed E-state index contributed by atoms with van der Waals surface area (Å²) in [7, 11) is 0. The predicted octanol–water partition coefficient (Wildman–Crippen LogP) is 1.54. The zero-order chi connectivity index (χ0) is 12.5. The van der Waals surface area contributed by atoms with Crippen LogP contribution in [0.4, 0.5) is 0 Å². The molecular weight excluding hydrogens is 254 g/mol. The van der Waals surface area contributed by atoms with Crippen LogP contribution in [0.2, 0.25) is 5.02 Å². The molecule has 0 bridgehead atoms. The molecule has 2 aliphatic rings. The SMILES string of the molecule is OCC1CN(Cc2cc(Cl)c3c(c2)OCCO3)C1. The average molecular weight is 270 g/mol. The van der Waals surface area contributed by atoms with Crippen molar-refractivity contribution in [1.29, 1.82) is 0 Å². The Morgan fingerprint density at radius 2 is 2.06 bits per heavy atom. The largest absolute Gasteiger partial charge is 0.486 e. The van der Waals surface area contributed by atoms with Crippen molar-refractivity contribution in [2.45, 2.75) is 6.54 Å². The van der Waals surface area contributed by atoms with Crippen LogP contribution in [0.1, 0.15) is 5.56 Å². The lowest BCUT2D eigenvalue weighted by atomic mass is 10.0. The Bertz CT molecular complexity index is 446. The van der Waals surface area contributed by atoms with Gasteiger partial charge in [-0.05, 0) is 17.7 Å². The number of benzene rings is 1. The molecule has 18 heavy (non-hydrogen) atoms. The van der Waals surface area contributed by atoms with E-state index in [9.17, 15) is 0 Å². The zero-order valence-electron chi connectivity index (χ0n) is 10.1. The molecule has 0 unspecified atom stereocenters. The fourth-order valence-electron chi connectivity index (χ4n) is 2.44. The second kappa shape index (κ2) is 4.96. The van der Waals surface area contributed by atoms with E-state index in [0.717, 1.165) is 30.9 Å². The third-order valence-electron chi connectivity index (χ3n) is 3.35. The Labute approximate surface area is 111 Å². The van der Waals surface area contributed by atoms with Gasteiger partial charge in [0.25, 0.3) is 0 Å². The Kier molecular flexibility index (Phi) is 3.33. The fourth-order valence-corrected chi connectivity index (χ4v) is 2.72. The van der Waals surface area contributed by atoms with E-state index >= 15 is 0 Å². The van der Waals surface area contributed by atoms with Crippen LogP contribution >= 0.6 is 11.6 Å². The number of rotatable bonds is 3. The van der Waals surface area contributed by atoms with Crippen molar-refractivity contribution >= 4 is 11.6 Å².